The lowest BCUT2D eigenvalue weighted by Crippen LogP contribution is -2.30. The highest BCUT2D eigenvalue weighted by Gasteiger charge is 2.13. The lowest BCUT2D eigenvalue weighted by molar-refractivity contribution is -0.554. The number of H-pyrrole nitrogens is 1. The van der Waals surface area contributed by atoms with E-state index in [1.54, 1.807) is 0 Å². The number of aromatic amines is 1. The van der Waals surface area contributed by atoms with Gasteiger partial charge in [0, 0.05) is 12.6 Å². The predicted molar refractivity (Wildman–Crippen MR) is 103 cm³/mol. The zero-order valence-corrected chi connectivity index (χ0v) is 15.2. The molecule has 5 heteroatoms. The summed E-state index contributed by atoms with van der Waals surface area (Å²) in [5, 5.41) is 4.44. The summed E-state index contributed by atoms with van der Waals surface area (Å²) in [6.45, 7) is 4.22. The van der Waals surface area contributed by atoms with Gasteiger partial charge in [-0.05, 0) is 36.2 Å². The van der Waals surface area contributed by atoms with Gasteiger partial charge in [-0.15, -0.1) is 0 Å². The summed E-state index contributed by atoms with van der Waals surface area (Å²) in [7, 11) is 0. The third-order valence-corrected chi connectivity index (χ3v) is 4.88. The standard InChI is InChI=1S/C19H19Cl2N3/c1-3-13-9-15(20)19(21)17(10-13)22-11-14(4-2)24-12-23-16-7-5-6-8-18(16)24/h5-12,22H,3-4H2,1-2H3/p+1. The Hall–Kier alpha value is -1.97. The molecule has 0 bridgehead atoms. The summed E-state index contributed by atoms with van der Waals surface area (Å²) in [4.78, 5) is 3.29. The van der Waals surface area contributed by atoms with Gasteiger partial charge in [-0.1, -0.05) is 49.2 Å². The Morgan fingerprint density at radius 1 is 1.21 bits per heavy atom. The first-order valence-electron chi connectivity index (χ1n) is 8.05. The summed E-state index contributed by atoms with van der Waals surface area (Å²) in [6.07, 6.45) is 5.74. The van der Waals surface area contributed by atoms with Gasteiger partial charge in [-0.2, -0.15) is 4.57 Å². The van der Waals surface area contributed by atoms with Crippen molar-refractivity contribution >= 4 is 45.6 Å². The molecule has 1 aromatic heterocycles. The number of anilines is 1. The fourth-order valence-corrected chi connectivity index (χ4v) is 3.11. The van der Waals surface area contributed by atoms with E-state index in [1.807, 2.05) is 36.8 Å². The van der Waals surface area contributed by atoms with Gasteiger partial charge in [0.05, 0.1) is 15.7 Å². The van der Waals surface area contributed by atoms with Crippen LogP contribution in [0.3, 0.4) is 0 Å². The third kappa shape index (κ3) is 3.28. The van der Waals surface area contributed by atoms with Crippen molar-refractivity contribution in [2.24, 2.45) is 0 Å². The number of hydrogen-bond acceptors (Lipinski definition) is 1. The van der Waals surface area contributed by atoms with Gasteiger partial charge in [0.25, 0.3) is 0 Å². The first kappa shape index (κ1) is 16.9. The number of benzene rings is 2. The second-order valence-electron chi connectivity index (χ2n) is 5.59. The number of nitrogens with one attached hydrogen (secondary N) is 2. The van der Waals surface area contributed by atoms with Crippen LogP contribution < -0.4 is 9.88 Å². The van der Waals surface area contributed by atoms with Crippen LogP contribution in [0.25, 0.3) is 16.7 Å². The summed E-state index contributed by atoms with van der Waals surface area (Å²) in [6, 6.07) is 12.2. The number of rotatable bonds is 5. The number of allylic oxidation sites excluding steroid dienone is 1. The number of imidazole rings is 1. The summed E-state index contributed by atoms with van der Waals surface area (Å²) < 4.78 is 2.14. The maximum absolute atomic E-state index is 6.33. The Kier molecular flexibility index (Phi) is 5.12. The smallest absolute Gasteiger partial charge is 0.247 e. The molecule has 0 aliphatic rings. The highest BCUT2D eigenvalue weighted by molar-refractivity contribution is 6.43. The topological polar surface area (TPSA) is 31.7 Å². The molecular weight excluding hydrogens is 341 g/mol. The number of nitrogens with zero attached hydrogens (tertiary/aromatic N) is 1. The number of hydrogen-bond donors (Lipinski definition) is 2. The minimum absolute atomic E-state index is 0.546. The summed E-state index contributed by atoms with van der Waals surface area (Å²) in [5.74, 6) is 0. The van der Waals surface area contributed by atoms with Gasteiger partial charge >= 0.3 is 0 Å². The normalized spacial score (nSPS) is 11.9. The number of aryl methyl sites for hydroxylation is 1. The van der Waals surface area contributed by atoms with E-state index in [-0.39, 0.29) is 0 Å². The van der Waals surface area contributed by atoms with Crippen molar-refractivity contribution in [3.8, 4) is 0 Å². The highest BCUT2D eigenvalue weighted by Crippen LogP contribution is 2.32. The van der Waals surface area contributed by atoms with E-state index in [9.17, 15) is 0 Å². The minimum atomic E-state index is 0.546. The van der Waals surface area contributed by atoms with Crippen molar-refractivity contribution in [3.63, 3.8) is 0 Å². The molecule has 124 valence electrons. The first-order valence-corrected chi connectivity index (χ1v) is 8.81. The molecule has 1 heterocycles. The number of para-hydroxylation sites is 2. The van der Waals surface area contributed by atoms with Gasteiger partial charge in [-0.3, -0.25) is 0 Å². The van der Waals surface area contributed by atoms with Crippen LogP contribution in [0, 0.1) is 0 Å². The van der Waals surface area contributed by atoms with E-state index in [1.165, 1.54) is 0 Å². The van der Waals surface area contributed by atoms with E-state index >= 15 is 0 Å². The molecule has 3 nitrogen and oxygen atoms in total. The first-order chi connectivity index (χ1) is 11.6. The van der Waals surface area contributed by atoms with Gasteiger partial charge < -0.3 is 5.32 Å². The maximum atomic E-state index is 6.33. The number of fused-ring (bicyclic) bond motifs is 1. The summed E-state index contributed by atoms with van der Waals surface area (Å²) in [5.41, 5.74) is 5.34. The molecule has 0 atom stereocenters. The molecule has 0 fully saturated rings. The van der Waals surface area contributed by atoms with Crippen LogP contribution in [-0.2, 0) is 6.42 Å². The van der Waals surface area contributed by atoms with Crippen LogP contribution in [0.1, 0.15) is 25.8 Å². The fraction of sp³-hybridized carbons (Fsp3) is 0.211. The van der Waals surface area contributed by atoms with E-state index in [4.69, 9.17) is 23.2 Å². The average Bonchev–Trinajstić information content (AvgIpc) is 3.03. The molecule has 0 spiro atoms. The molecule has 2 N–H and O–H groups in total. The SMILES string of the molecule is CCC(=CNc1cc(CC)cc(Cl)c1Cl)[n+]1c[nH]c2ccccc21. The molecule has 0 amide bonds. The van der Waals surface area contributed by atoms with Crippen LogP contribution in [0.15, 0.2) is 48.9 Å². The van der Waals surface area contributed by atoms with Crippen LogP contribution in [0.5, 0.6) is 0 Å². The van der Waals surface area contributed by atoms with Crippen molar-refractivity contribution in [1.82, 2.24) is 4.98 Å². The quantitative estimate of drug-likeness (QED) is 0.566. The van der Waals surface area contributed by atoms with Crippen molar-refractivity contribution in [2.45, 2.75) is 26.7 Å². The molecule has 3 rings (SSSR count). The van der Waals surface area contributed by atoms with Gasteiger partial charge in [0.1, 0.15) is 5.70 Å². The van der Waals surface area contributed by atoms with E-state index in [2.05, 4.69) is 40.8 Å². The molecule has 0 saturated heterocycles. The Labute approximate surface area is 151 Å². The Bertz CT molecular complexity index is 897. The van der Waals surface area contributed by atoms with Crippen molar-refractivity contribution < 1.29 is 4.57 Å². The Morgan fingerprint density at radius 2 is 2.00 bits per heavy atom. The Balaban J connectivity index is 1.96. The van der Waals surface area contributed by atoms with Crippen LogP contribution in [-0.4, -0.2) is 4.98 Å². The molecular formula is C19H20Cl2N3+. The monoisotopic (exact) mass is 360 g/mol. The van der Waals surface area contributed by atoms with Gasteiger partial charge in [-0.25, -0.2) is 4.98 Å². The Morgan fingerprint density at radius 3 is 2.75 bits per heavy atom. The van der Waals surface area contributed by atoms with Crippen LogP contribution >= 0.6 is 23.2 Å². The summed E-state index contributed by atoms with van der Waals surface area (Å²) >= 11 is 12.6. The van der Waals surface area contributed by atoms with E-state index in [0.29, 0.717) is 10.0 Å². The number of aromatic nitrogens is 2. The second-order valence-corrected chi connectivity index (χ2v) is 6.37. The van der Waals surface area contributed by atoms with E-state index in [0.717, 1.165) is 40.8 Å². The fourth-order valence-electron chi connectivity index (χ4n) is 2.70. The molecule has 3 aromatic rings. The molecule has 0 unspecified atom stereocenters. The zero-order valence-electron chi connectivity index (χ0n) is 13.7. The van der Waals surface area contributed by atoms with Crippen molar-refractivity contribution in [1.29, 1.82) is 0 Å². The zero-order chi connectivity index (χ0) is 17.1. The largest absolute Gasteiger partial charge is 0.357 e. The molecule has 0 aliphatic heterocycles. The lowest BCUT2D eigenvalue weighted by atomic mass is 10.1. The molecule has 0 radical (unpaired) electrons. The van der Waals surface area contributed by atoms with Crippen molar-refractivity contribution in [2.75, 3.05) is 5.32 Å². The average molecular weight is 361 g/mol. The third-order valence-electron chi connectivity index (χ3n) is 4.07. The van der Waals surface area contributed by atoms with Gasteiger partial charge in [0.2, 0.25) is 6.33 Å². The molecule has 0 saturated carbocycles. The van der Waals surface area contributed by atoms with Gasteiger partial charge in [0.15, 0.2) is 11.0 Å². The van der Waals surface area contributed by atoms with Crippen molar-refractivity contribution in [3.05, 3.63) is 64.5 Å². The van der Waals surface area contributed by atoms with Crippen LogP contribution in [0.2, 0.25) is 10.0 Å². The predicted octanol–water partition coefficient (Wildman–Crippen LogP) is 5.65. The second kappa shape index (κ2) is 7.29. The van der Waals surface area contributed by atoms with Crippen LogP contribution in [0.4, 0.5) is 5.69 Å². The minimum Gasteiger partial charge on any atom is -0.357 e. The lowest BCUT2D eigenvalue weighted by Gasteiger charge is -2.09. The number of halogens is 2. The molecule has 2 aromatic carbocycles. The molecule has 0 aliphatic carbocycles. The van der Waals surface area contributed by atoms with E-state index < -0.39 is 0 Å². The maximum Gasteiger partial charge on any atom is 0.247 e. The molecule has 24 heavy (non-hydrogen) atoms. The highest BCUT2D eigenvalue weighted by atomic mass is 35.5.